The Morgan fingerprint density at radius 3 is 2.69 bits per heavy atom. The summed E-state index contributed by atoms with van der Waals surface area (Å²) < 4.78 is 12.1. The van der Waals surface area contributed by atoms with Gasteiger partial charge in [-0.3, -0.25) is 0 Å². The van der Waals surface area contributed by atoms with Gasteiger partial charge in [-0.05, 0) is 37.3 Å². The van der Waals surface area contributed by atoms with Crippen molar-refractivity contribution in [2.24, 2.45) is 5.10 Å². The minimum Gasteiger partial charge on any atom is -0.464 e. The number of nitrogens with zero attached hydrogens (tertiary/aromatic N) is 2. The number of benzene rings is 2. The smallest absolute Gasteiger partial charge is 0.213 e. The van der Waals surface area contributed by atoms with Crippen molar-refractivity contribution >= 4 is 17.3 Å². The fourth-order valence-electron chi connectivity index (χ4n) is 3.63. The number of aryl methyl sites for hydroxylation is 1. The molecule has 0 saturated heterocycles. The molecule has 26 heavy (non-hydrogen) atoms. The predicted octanol–water partition coefficient (Wildman–Crippen LogP) is 5.48. The minimum absolute atomic E-state index is 0.0723. The average molecular weight is 365 g/mol. The van der Waals surface area contributed by atoms with E-state index in [2.05, 4.69) is 12.1 Å². The van der Waals surface area contributed by atoms with E-state index in [1.807, 2.05) is 60.5 Å². The molecule has 2 aliphatic heterocycles. The van der Waals surface area contributed by atoms with Gasteiger partial charge in [-0.2, -0.15) is 5.10 Å². The van der Waals surface area contributed by atoms with Crippen LogP contribution in [0.1, 0.15) is 41.3 Å². The summed E-state index contributed by atoms with van der Waals surface area (Å²) in [5, 5.41) is 7.60. The summed E-state index contributed by atoms with van der Waals surface area (Å²) in [5.74, 6) is 2.55. The van der Waals surface area contributed by atoms with Gasteiger partial charge in [0.1, 0.15) is 23.0 Å². The van der Waals surface area contributed by atoms with E-state index in [0.29, 0.717) is 5.02 Å². The Labute approximate surface area is 156 Å². The van der Waals surface area contributed by atoms with Gasteiger partial charge in [0.2, 0.25) is 6.23 Å². The van der Waals surface area contributed by atoms with Gasteiger partial charge < -0.3 is 9.15 Å². The van der Waals surface area contributed by atoms with Gasteiger partial charge in [0.15, 0.2) is 0 Å². The molecule has 0 radical (unpaired) electrons. The van der Waals surface area contributed by atoms with Crippen molar-refractivity contribution in [3.63, 3.8) is 0 Å². The average Bonchev–Trinajstić information content (AvgIpc) is 3.28. The van der Waals surface area contributed by atoms with E-state index in [9.17, 15) is 0 Å². The zero-order valence-electron chi connectivity index (χ0n) is 14.2. The summed E-state index contributed by atoms with van der Waals surface area (Å²) >= 11 is 6.25. The highest BCUT2D eigenvalue weighted by molar-refractivity contribution is 6.30. The Balaban J connectivity index is 1.61. The van der Waals surface area contributed by atoms with E-state index in [1.54, 1.807) is 0 Å². The molecule has 0 N–H and O–H groups in total. The lowest BCUT2D eigenvalue weighted by Crippen LogP contribution is -2.33. The predicted molar refractivity (Wildman–Crippen MR) is 100 cm³/mol. The Hall–Kier alpha value is -2.72. The zero-order chi connectivity index (χ0) is 17.7. The molecule has 5 heteroatoms. The summed E-state index contributed by atoms with van der Waals surface area (Å²) in [6.45, 7) is 1.94. The first-order valence-corrected chi connectivity index (χ1v) is 9.00. The zero-order valence-corrected chi connectivity index (χ0v) is 15.0. The number of hydrogen-bond acceptors (Lipinski definition) is 4. The Morgan fingerprint density at radius 1 is 1.08 bits per heavy atom. The molecular weight excluding hydrogens is 348 g/mol. The SMILES string of the molecule is Cc1ccc(C2=NN3[C@H](C2)c2cc(Cl)ccc2O[C@H]3c2ccccc2)o1. The maximum atomic E-state index is 6.31. The van der Waals surface area contributed by atoms with Crippen LogP contribution in [0.2, 0.25) is 5.02 Å². The first-order valence-electron chi connectivity index (χ1n) is 8.63. The second kappa shape index (κ2) is 5.92. The molecule has 0 spiro atoms. The second-order valence-corrected chi connectivity index (χ2v) is 7.06. The van der Waals surface area contributed by atoms with Crippen molar-refractivity contribution < 1.29 is 9.15 Å². The highest BCUT2D eigenvalue weighted by atomic mass is 35.5. The number of rotatable bonds is 2. The van der Waals surface area contributed by atoms with Gasteiger partial charge in [0.25, 0.3) is 0 Å². The lowest BCUT2D eigenvalue weighted by atomic mass is 9.97. The fraction of sp³-hybridized carbons (Fsp3) is 0.190. The number of hydrogen-bond donors (Lipinski definition) is 0. The van der Waals surface area contributed by atoms with E-state index < -0.39 is 0 Å². The molecule has 130 valence electrons. The molecule has 0 unspecified atom stereocenters. The van der Waals surface area contributed by atoms with E-state index >= 15 is 0 Å². The molecule has 0 bridgehead atoms. The molecule has 0 aliphatic carbocycles. The molecule has 0 fully saturated rings. The molecule has 3 heterocycles. The van der Waals surface area contributed by atoms with Crippen LogP contribution in [0.4, 0.5) is 0 Å². The van der Waals surface area contributed by atoms with Crippen LogP contribution in [0.25, 0.3) is 0 Å². The number of fused-ring (bicyclic) bond motifs is 3. The van der Waals surface area contributed by atoms with Gasteiger partial charge in [-0.25, -0.2) is 5.01 Å². The van der Waals surface area contributed by atoms with Crippen molar-refractivity contribution in [2.75, 3.05) is 0 Å². The van der Waals surface area contributed by atoms with Crippen LogP contribution in [0.3, 0.4) is 0 Å². The van der Waals surface area contributed by atoms with Gasteiger partial charge >= 0.3 is 0 Å². The third-order valence-corrected chi connectivity index (χ3v) is 5.10. The summed E-state index contributed by atoms with van der Waals surface area (Å²) in [4.78, 5) is 0. The van der Waals surface area contributed by atoms with Crippen LogP contribution in [-0.4, -0.2) is 10.7 Å². The van der Waals surface area contributed by atoms with Crippen LogP contribution >= 0.6 is 11.6 Å². The van der Waals surface area contributed by atoms with Crippen molar-refractivity contribution in [1.82, 2.24) is 5.01 Å². The topological polar surface area (TPSA) is 38.0 Å². The monoisotopic (exact) mass is 364 g/mol. The van der Waals surface area contributed by atoms with Crippen molar-refractivity contribution in [3.05, 3.63) is 88.3 Å². The number of ether oxygens (including phenoxy) is 1. The van der Waals surface area contributed by atoms with Gasteiger partial charge in [-0.1, -0.05) is 41.9 Å². The highest BCUT2D eigenvalue weighted by Gasteiger charge is 2.41. The molecular formula is C21H17ClN2O2. The van der Waals surface area contributed by atoms with Crippen molar-refractivity contribution in [2.45, 2.75) is 25.6 Å². The number of halogens is 1. The van der Waals surface area contributed by atoms with Gasteiger partial charge in [0, 0.05) is 22.6 Å². The first kappa shape index (κ1) is 15.5. The maximum absolute atomic E-state index is 6.31. The standard InChI is InChI=1S/C21H17ClN2O2/c1-13-7-9-20(25-13)17-12-18-16-11-15(22)8-10-19(16)26-21(24(18)23-17)14-5-3-2-4-6-14/h2-11,18,21H,12H2,1H3/t18-,21+/m1/s1. The van der Waals surface area contributed by atoms with Crippen LogP contribution in [0.15, 0.2) is 70.2 Å². The Bertz CT molecular complexity index is 996. The fourth-order valence-corrected chi connectivity index (χ4v) is 3.81. The maximum Gasteiger partial charge on any atom is 0.213 e. The summed E-state index contributed by atoms with van der Waals surface area (Å²) in [6.07, 6.45) is 0.482. The van der Waals surface area contributed by atoms with Crippen LogP contribution in [0, 0.1) is 6.92 Å². The van der Waals surface area contributed by atoms with E-state index in [0.717, 1.165) is 40.5 Å². The molecule has 1 aromatic heterocycles. The number of furan rings is 1. The molecule has 5 rings (SSSR count). The van der Waals surface area contributed by atoms with Gasteiger partial charge in [0.05, 0.1) is 6.04 Å². The number of hydrazone groups is 1. The van der Waals surface area contributed by atoms with E-state index in [-0.39, 0.29) is 12.3 Å². The third kappa shape index (κ3) is 2.49. The first-order chi connectivity index (χ1) is 12.7. The molecule has 2 atom stereocenters. The molecule has 2 aromatic carbocycles. The highest BCUT2D eigenvalue weighted by Crippen LogP contribution is 2.48. The van der Waals surface area contributed by atoms with Crippen molar-refractivity contribution in [3.8, 4) is 5.75 Å². The quantitative estimate of drug-likeness (QED) is 0.604. The van der Waals surface area contributed by atoms with Gasteiger partial charge in [-0.15, -0.1) is 0 Å². The largest absolute Gasteiger partial charge is 0.464 e. The third-order valence-electron chi connectivity index (χ3n) is 4.86. The molecule has 0 saturated carbocycles. The van der Waals surface area contributed by atoms with Crippen LogP contribution < -0.4 is 4.74 Å². The molecule has 0 amide bonds. The Kier molecular flexibility index (Phi) is 3.54. The molecule has 2 aliphatic rings. The minimum atomic E-state index is -0.275. The summed E-state index contributed by atoms with van der Waals surface area (Å²) in [5.41, 5.74) is 3.06. The molecule has 4 nitrogen and oxygen atoms in total. The van der Waals surface area contributed by atoms with Crippen molar-refractivity contribution in [1.29, 1.82) is 0 Å². The normalized spacial score (nSPS) is 21.0. The van der Waals surface area contributed by atoms with E-state index in [1.165, 1.54) is 0 Å². The summed E-state index contributed by atoms with van der Waals surface area (Å²) in [7, 11) is 0. The lowest BCUT2D eigenvalue weighted by molar-refractivity contribution is -0.0190. The summed E-state index contributed by atoms with van der Waals surface area (Å²) in [6, 6.07) is 20.0. The van der Waals surface area contributed by atoms with Crippen LogP contribution in [-0.2, 0) is 0 Å². The lowest BCUT2D eigenvalue weighted by Gasteiger charge is -2.38. The second-order valence-electron chi connectivity index (χ2n) is 6.62. The van der Waals surface area contributed by atoms with Crippen LogP contribution in [0.5, 0.6) is 5.75 Å². The van der Waals surface area contributed by atoms with E-state index in [4.69, 9.17) is 25.9 Å². The Morgan fingerprint density at radius 2 is 1.92 bits per heavy atom. The molecule has 3 aromatic rings.